The van der Waals surface area contributed by atoms with Gasteiger partial charge in [0.25, 0.3) is 0 Å². The van der Waals surface area contributed by atoms with Crippen LogP contribution >= 0.6 is 0 Å². The Kier molecular flexibility index (Phi) is 4.60. The highest BCUT2D eigenvalue weighted by Gasteiger charge is 2.20. The number of benzene rings is 8. The van der Waals surface area contributed by atoms with Crippen molar-refractivity contribution in [2.75, 3.05) is 0 Å². The molecule has 2 aromatic heterocycles. The molecule has 0 bridgehead atoms. The Hall–Kier alpha value is -6.64. The van der Waals surface area contributed by atoms with Crippen molar-refractivity contribution in [1.82, 2.24) is 9.13 Å². The number of hydrogen-bond acceptors (Lipinski definition) is 0. The van der Waals surface area contributed by atoms with E-state index in [0.29, 0.717) is 5.69 Å². The molecule has 234 valence electrons. The lowest BCUT2D eigenvalue weighted by Crippen LogP contribution is -1.97. The zero-order valence-electron chi connectivity index (χ0n) is 36.6. The fourth-order valence-corrected chi connectivity index (χ4v) is 7.35. The summed E-state index contributed by atoms with van der Waals surface area (Å²) in [5.41, 5.74) is 7.42. The molecule has 0 saturated heterocycles. The van der Waals surface area contributed by atoms with Gasteiger partial charge >= 0.3 is 0 Å². The molecule has 8 aromatic carbocycles. The van der Waals surface area contributed by atoms with Gasteiger partial charge in [0.2, 0.25) is 0 Å². The van der Waals surface area contributed by atoms with E-state index in [0.717, 1.165) is 60.4 Å². The van der Waals surface area contributed by atoms with E-state index in [4.69, 9.17) is 13.7 Å². The molecule has 10 rings (SSSR count). The summed E-state index contributed by atoms with van der Waals surface area (Å²) in [5.74, 6) is 0. The molecule has 0 atom stereocenters. The Bertz CT molecular complexity index is 3240. The number of nitrogens with zero attached hydrogens (tertiary/aromatic N) is 2. The fraction of sp³-hybridized carbons (Fsp3) is 0. The minimum Gasteiger partial charge on any atom is -0.309 e. The fourth-order valence-electron chi connectivity index (χ4n) is 7.35. The summed E-state index contributed by atoms with van der Waals surface area (Å²) in [6.45, 7) is 0. The summed E-state index contributed by atoms with van der Waals surface area (Å²) >= 11 is 0. The van der Waals surface area contributed by atoms with Gasteiger partial charge in [0.15, 0.2) is 0 Å². The zero-order valence-corrected chi connectivity index (χ0v) is 26.6. The summed E-state index contributed by atoms with van der Waals surface area (Å²) in [7, 11) is 0. The lowest BCUT2D eigenvalue weighted by atomic mass is 9.98. The molecule has 2 heterocycles. The third-order valence-electron chi connectivity index (χ3n) is 9.45. The van der Waals surface area contributed by atoms with Crippen LogP contribution in [0, 0.1) is 0 Å². The number of fused-ring (bicyclic) bond motifs is 6. The molecule has 2 nitrogen and oxygen atoms in total. The van der Waals surface area contributed by atoms with Crippen molar-refractivity contribution in [3.63, 3.8) is 0 Å². The van der Waals surface area contributed by atoms with Gasteiger partial charge in [0.1, 0.15) is 0 Å². The zero-order chi connectivity index (χ0) is 41.7. The van der Waals surface area contributed by atoms with E-state index in [1.807, 2.05) is 65.2 Å². The van der Waals surface area contributed by atoms with E-state index in [9.17, 15) is 0 Å². The molecule has 0 unspecified atom stereocenters. The lowest BCUT2D eigenvalue weighted by Gasteiger charge is -2.14. The van der Waals surface area contributed by atoms with Crippen LogP contribution in [-0.4, -0.2) is 9.13 Å². The quantitative estimate of drug-likeness (QED) is 0.176. The highest BCUT2D eigenvalue weighted by Crippen LogP contribution is 2.42. The van der Waals surface area contributed by atoms with Gasteiger partial charge in [-0.05, 0) is 88.0 Å². The van der Waals surface area contributed by atoms with Crippen LogP contribution in [0.1, 0.15) is 13.7 Å². The van der Waals surface area contributed by atoms with Crippen LogP contribution in [0.4, 0.5) is 0 Å². The minimum atomic E-state index is -0.536. The minimum absolute atomic E-state index is 0.0733. The predicted molar refractivity (Wildman–Crippen MR) is 211 cm³/mol. The highest BCUT2D eigenvalue weighted by atomic mass is 15.0. The van der Waals surface area contributed by atoms with Crippen molar-refractivity contribution in [2.24, 2.45) is 0 Å². The number of aromatic nitrogens is 2. The summed E-state index contributed by atoms with van der Waals surface area (Å²) in [4.78, 5) is 0. The van der Waals surface area contributed by atoms with Gasteiger partial charge in [-0.15, -0.1) is 0 Å². The van der Waals surface area contributed by atoms with E-state index >= 15 is 0 Å². The number of para-hydroxylation sites is 2. The molecule has 0 amide bonds. The molecule has 0 fully saturated rings. The molecular weight excluding hydrogens is 605 g/mol. The maximum Gasteiger partial charge on any atom is 0.0629 e. The third kappa shape index (κ3) is 4.50. The van der Waals surface area contributed by atoms with Crippen molar-refractivity contribution in [3.05, 3.63) is 194 Å². The topological polar surface area (TPSA) is 9.86 Å². The molecule has 2 heteroatoms. The lowest BCUT2D eigenvalue weighted by molar-refractivity contribution is 1.17. The third-order valence-corrected chi connectivity index (χ3v) is 9.45. The smallest absolute Gasteiger partial charge is 0.0629 e. The molecule has 0 aliphatic carbocycles. The maximum atomic E-state index is 8.93. The van der Waals surface area contributed by atoms with Crippen molar-refractivity contribution >= 4 is 43.6 Å². The predicted octanol–water partition coefficient (Wildman–Crippen LogP) is 12.9. The Balaban J connectivity index is 1.34. The van der Waals surface area contributed by atoms with Crippen molar-refractivity contribution < 1.29 is 13.7 Å². The van der Waals surface area contributed by atoms with Gasteiger partial charge in [0.05, 0.1) is 35.8 Å². The van der Waals surface area contributed by atoms with E-state index in [-0.39, 0.29) is 22.3 Å². The second-order valence-corrected chi connectivity index (χ2v) is 12.2. The van der Waals surface area contributed by atoms with Gasteiger partial charge in [-0.3, -0.25) is 0 Å². The van der Waals surface area contributed by atoms with Crippen molar-refractivity contribution in [3.8, 4) is 44.8 Å². The van der Waals surface area contributed by atoms with Gasteiger partial charge in [-0.1, -0.05) is 139 Å². The molecule has 0 radical (unpaired) electrons. The second-order valence-electron chi connectivity index (χ2n) is 12.2. The molecular formula is C48H32N2. The maximum absolute atomic E-state index is 8.93. The molecule has 0 aliphatic rings. The Morgan fingerprint density at radius 1 is 0.340 bits per heavy atom. The van der Waals surface area contributed by atoms with Crippen molar-refractivity contribution in [1.29, 1.82) is 0 Å². The second kappa shape index (κ2) is 11.5. The standard InChI is InChI=1S/C48H32N2/c1-4-15-33(16-5-1)36-29-37(34-17-6-2-7-18-34)31-39(30-36)50-46-28-27-38(49-44-24-12-10-21-41(44)42-22-11-13-25-45(42)49)32-43(46)48-40(23-14-26-47(48)50)35-19-8-3-9-20-35/h1-32H/i1D,2D,4D,5D,6D,7D,15D,16D,17D,18D. The molecule has 0 spiro atoms. The number of rotatable bonds is 5. The van der Waals surface area contributed by atoms with E-state index in [1.54, 1.807) is 12.1 Å². The normalized spacial score (nSPS) is 14.4. The summed E-state index contributed by atoms with van der Waals surface area (Å²) < 4.78 is 90.5. The van der Waals surface area contributed by atoms with Crippen LogP contribution in [-0.2, 0) is 0 Å². The highest BCUT2D eigenvalue weighted by molar-refractivity contribution is 6.17. The average molecular weight is 647 g/mol. The Morgan fingerprint density at radius 2 is 0.880 bits per heavy atom. The van der Waals surface area contributed by atoms with E-state index in [2.05, 4.69) is 59.2 Å². The van der Waals surface area contributed by atoms with Crippen LogP contribution in [0.2, 0.25) is 0 Å². The van der Waals surface area contributed by atoms with Gasteiger partial charge in [-0.25, -0.2) is 0 Å². The van der Waals surface area contributed by atoms with Gasteiger partial charge in [-0.2, -0.15) is 0 Å². The first-order valence-corrected chi connectivity index (χ1v) is 16.4. The largest absolute Gasteiger partial charge is 0.309 e. The van der Waals surface area contributed by atoms with Gasteiger partial charge in [0, 0.05) is 32.9 Å². The summed E-state index contributed by atoms with van der Waals surface area (Å²) in [5, 5.41) is 4.12. The van der Waals surface area contributed by atoms with Crippen LogP contribution in [0.15, 0.2) is 194 Å². The van der Waals surface area contributed by atoms with E-state index in [1.165, 1.54) is 6.07 Å². The first-order chi connectivity index (χ1) is 29.0. The average Bonchev–Trinajstić information content (AvgIpc) is 3.79. The summed E-state index contributed by atoms with van der Waals surface area (Å²) in [6.07, 6.45) is 0. The van der Waals surface area contributed by atoms with Gasteiger partial charge < -0.3 is 9.13 Å². The van der Waals surface area contributed by atoms with Crippen LogP contribution in [0.25, 0.3) is 88.4 Å². The van der Waals surface area contributed by atoms with Crippen LogP contribution < -0.4 is 0 Å². The monoisotopic (exact) mass is 646 g/mol. The van der Waals surface area contributed by atoms with Crippen molar-refractivity contribution in [2.45, 2.75) is 0 Å². The van der Waals surface area contributed by atoms with Crippen LogP contribution in [0.5, 0.6) is 0 Å². The summed E-state index contributed by atoms with van der Waals surface area (Å²) in [6, 6.07) is 39.3. The molecule has 0 N–H and O–H groups in total. The Labute approximate surface area is 304 Å². The first-order valence-electron chi connectivity index (χ1n) is 21.4. The molecule has 0 saturated carbocycles. The SMILES string of the molecule is [2H]c1c([2H])c([2H])c(-c2cc(-c3c([2H])c([2H])c([2H])c([2H])c3[2H])cc(-n3c4ccc(-n5c6ccccc6c6ccccc65)cc4c4c(-c5ccccc5)cccc43)c2)c([2H])c1[2H]. The number of hydrogen-bond donors (Lipinski definition) is 0. The molecule has 0 aliphatic heterocycles. The van der Waals surface area contributed by atoms with Crippen LogP contribution in [0.3, 0.4) is 0 Å². The molecule has 50 heavy (non-hydrogen) atoms. The van der Waals surface area contributed by atoms with E-state index < -0.39 is 60.4 Å². The molecule has 10 aromatic rings. The Morgan fingerprint density at radius 3 is 1.52 bits per heavy atom. The first kappa shape index (κ1) is 20.0.